The number of rotatable bonds is 16. The third kappa shape index (κ3) is 10.7. The first kappa shape index (κ1) is 28.1. The van der Waals surface area contributed by atoms with E-state index in [1.165, 1.54) is 11.8 Å². The molecule has 4 atom stereocenters. The molecule has 0 heterocycles. The Kier molecular flexibility index (Phi) is 14.8. The Balaban J connectivity index is 5.13. The first-order valence-electron chi connectivity index (χ1n) is 9.51. The fourth-order valence-corrected chi connectivity index (χ4v) is 2.83. The van der Waals surface area contributed by atoms with Gasteiger partial charge in [0.15, 0.2) is 0 Å². The summed E-state index contributed by atoms with van der Waals surface area (Å²) in [6.07, 6.45) is 3.32. The van der Waals surface area contributed by atoms with E-state index in [1.807, 2.05) is 0 Å². The number of carboxylic acid groups (broad SMARTS) is 1. The topological polar surface area (TPSA) is 217 Å². The molecule has 0 aromatic rings. The second-order valence-electron chi connectivity index (χ2n) is 6.56. The molecular formula is C17H33N5O7S. The van der Waals surface area contributed by atoms with Crippen LogP contribution in [0, 0.1) is 0 Å². The first-order chi connectivity index (χ1) is 14.2. The number of aliphatic carboxylic acids is 1. The van der Waals surface area contributed by atoms with Gasteiger partial charge in [-0.2, -0.15) is 11.8 Å². The van der Waals surface area contributed by atoms with Crippen molar-refractivity contribution in [2.45, 2.75) is 49.9 Å². The molecule has 0 saturated carbocycles. The number of aliphatic hydroxyl groups excluding tert-OH is 2. The Labute approximate surface area is 179 Å². The van der Waals surface area contributed by atoms with Crippen LogP contribution in [-0.2, 0) is 19.2 Å². The van der Waals surface area contributed by atoms with Crippen LogP contribution < -0.4 is 27.4 Å². The number of amides is 3. The van der Waals surface area contributed by atoms with Gasteiger partial charge in [-0.1, -0.05) is 0 Å². The van der Waals surface area contributed by atoms with Crippen molar-refractivity contribution in [2.24, 2.45) is 11.5 Å². The summed E-state index contributed by atoms with van der Waals surface area (Å²) in [4.78, 5) is 48.2. The van der Waals surface area contributed by atoms with E-state index in [-0.39, 0.29) is 12.8 Å². The zero-order valence-corrected chi connectivity index (χ0v) is 17.8. The molecule has 10 N–H and O–H groups in total. The average molecular weight is 452 g/mol. The SMILES string of the molecule is CSCCC(NC(=O)C(CO)NC(=O)C(N)CO)C(=O)NC(CCCCN)C(=O)O. The molecule has 0 aliphatic heterocycles. The van der Waals surface area contributed by atoms with Crippen molar-refractivity contribution in [1.29, 1.82) is 0 Å². The van der Waals surface area contributed by atoms with Crippen molar-refractivity contribution >= 4 is 35.5 Å². The molecule has 0 bridgehead atoms. The van der Waals surface area contributed by atoms with Crippen molar-refractivity contribution in [1.82, 2.24) is 16.0 Å². The molecule has 0 fully saturated rings. The van der Waals surface area contributed by atoms with Crippen LogP contribution >= 0.6 is 11.8 Å². The van der Waals surface area contributed by atoms with E-state index in [0.29, 0.717) is 25.1 Å². The van der Waals surface area contributed by atoms with Gasteiger partial charge in [-0.15, -0.1) is 0 Å². The van der Waals surface area contributed by atoms with Gasteiger partial charge in [-0.3, -0.25) is 14.4 Å². The summed E-state index contributed by atoms with van der Waals surface area (Å²) in [6, 6.07) is -4.86. The summed E-state index contributed by atoms with van der Waals surface area (Å²) in [5, 5.41) is 34.6. The van der Waals surface area contributed by atoms with Crippen molar-refractivity contribution in [2.75, 3.05) is 31.8 Å². The number of hydrogen-bond acceptors (Lipinski definition) is 9. The molecule has 0 aliphatic carbocycles. The highest BCUT2D eigenvalue weighted by molar-refractivity contribution is 7.98. The maximum atomic E-state index is 12.6. The quantitative estimate of drug-likeness (QED) is 0.109. The Hall–Kier alpha value is -1.93. The number of thioether (sulfide) groups is 1. The largest absolute Gasteiger partial charge is 0.480 e. The van der Waals surface area contributed by atoms with E-state index in [1.54, 1.807) is 6.26 Å². The molecule has 0 radical (unpaired) electrons. The Morgan fingerprint density at radius 2 is 1.43 bits per heavy atom. The number of aliphatic hydroxyl groups is 2. The number of nitrogens with two attached hydrogens (primary N) is 2. The fourth-order valence-electron chi connectivity index (χ4n) is 2.36. The normalized spacial score (nSPS) is 14.8. The molecule has 0 saturated heterocycles. The Morgan fingerprint density at radius 3 is 1.93 bits per heavy atom. The highest BCUT2D eigenvalue weighted by Crippen LogP contribution is 2.05. The number of carboxylic acids is 1. The van der Waals surface area contributed by atoms with Crippen molar-refractivity contribution < 1.29 is 34.5 Å². The molecule has 0 aromatic carbocycles. The van der Waals surface area contributed by atoms with E-state index in [9.17, 15) is 29.4 Å². The van der Waals surface area contributed by atoms with Crippen LogP contribution in [0.1, 0.15) is 25.7 Å². The van der Waals surface area contributed by atoms with Crippen LogP contribution in [0.4, 0.5) is 0 Å². The molecule has 3 amide bonds. The van der Waals surface area contributed by atoms with Gasteiger partial charge in [0, 0.05) is 0 Å². The van der Waals surface area contributed by atoms with Gasteiger partial charge in [0.05, 0.1) is 13.2 Å². The van der Waals surface area contributed by atoms with Gasteiger partial charge < -0.3 is 42.7 Å². The standard InChI is InChI=1S/C17H33N5O7S/c1-30-7-5-11(15(26)21-12(17(28)29)4-2-3-6-18)20-16(27)13(9-24)22-14(25)10(19)8-23/h10-13,23-24H,2-9,18-19H2,1H3,(H,20,27)(H,21,26)(H,22,25)(H,28,29). The zero-order chi connectivity index (χ0) is 23.1. The third-order valence-electron chi connectivity index (χ3n) is 4.15. The lowest BCUT2D eigenvalue weighted by Crippen LogP contribution is -2.58. The second kappa shape index (κ2) is 15.8. The lowest BCUT2D eigenvalue weighted by molar-refractivity contribution is -0.142. The summed E-state index contributed by atoms with van der Waals surface area (Å²) in [5.74, 6) is -3.08. The summed E-state index contributed by atoms with van der Waals surface area (Å²) < 4.78 is 0. The maximum Gasteiger partial charge on any atom is 0.326 e. The molecule has 0 rings (SSSR count). The fraction of sp³-hybridized carbons (Fsp3) is 0.765. The highest BCUT2D eigenvalue weighted by Gasteiger charge is 2.29. The maximum absolute atomic E-state index is 12.6. The zero-order valence-electron chi connectivity index (χ0n) is 17.0. The smallest absolute Gasteiger partial charge is 0.326 e. The minimum absolute atomic E-state index is 0.190. The van der Waals surface area contributed by atoms with Crippen LogP contribution in [0.15, 0.2) is 0 Å². The van der Waals surface area contributed by atoms with Gasteiger partial charge in [-0.05, 0) is 44.2 Å². The molecule has 30 heavy (non-hydrogen) atoms. The third-order valence-corrected chi connectivity index (χ3v) is 4.80. The van der Waals surface area contributed by atoms with Crippen LogP contribution in [0.5, 0.6) is 0 Å². The monoisotopic (exact) mass is 451 g/mol. The van der Waals surface area contributed by atoms with Gasteiger partial charge in [0.1, 0.15) is 24.2 Å². The van der Waals surface area contributed by atoms with Crippen LogP contribution in [0.3, 0.4) is 0 Å². The van der Waals surface area contributed by atoms with Crippen LogP contribution in [0.2, 0.25) is 0 Å². The number of carbonyl (C=O) groups is 4. The molecule has 13 heteroatoms. The molecule has 0 spiro atoms. The average Bonchev–Trinajstić information content (AvgIpc) is 2.72. The van der Waals surface area contributed by atoms with Crippen LogP contribution in [-0.4, -0.2) is 94.9 Å². The molecule has 0 aliphatic rings. The van der Waals surface area contributed by atoms with E-state index in [4.69, 9.17) is 16.6 Å². The Morgan fingerprint density at radius 1 is 0.867 bits per heavy atom. The molecule has 174 valence electrons. The summed E-state index contributed by atoms with van der Waals surface area (Å²) in [6.45, 7) is -1.00. The molecule has 0 aromatic heterocycles. The van der Waals surface area contributed by atoms with Crippen molar-refractivity contribution in [3.8, 4) is 0 Å². The summed E-state index contributed by atoms with van der Waals surface area (Å²) in [5.41, 5.74) is 10.8. The number of hydrogen-bond donors (Lipinski definition) is 8. The van der Waals surface area contributed by atoms with Gasteiger partial charge >= 0.3 is 5.97 Å². The lowest BCUT2D eigenvalue weighted by Gasteiger charge is -2.24. The summed E-state index contributed by atoms with van der Waals surface area (Å²) >= 11 is 1.42. The lowest BCUT2D eigenvalue weighted by atomic mass is 10.1. The molecule has 12 nitrogen and oxygen atoms in total. The van der Waals surface area contributed by atoms with Crippen molar-refractivity contribution in [3.05, 3.63) is 0 Å². The molecule has 4 unspecified atom stereocenters. The predicted octanol–water partition coefficient (Wildman–Crippen LogP) is -3.28. The predicted molar refractivity (Wildman–Crippen MR) is 111 cm³/mol. The van der Waals surface area contributed by atoms with E-state index < -0.39 is 61.1 Å². The minimum atomic E-state index is -1.39. The van der Waals surface area contributed by atoms with Crippen molar-refractivity contribution in [3.63, 3.8) is 0 Å². The van der Waals surface area contributed by atoms with Gasteiger partial charge in [0.2, 0.25) is 17.7 Å². The molecular weight excluding hydrogens is 418 g/mol. The van der Waals surface area contributed by atoms with Gasteiger partial charge in [0.25, 0.3) is 0 Å². The Bertz CT molecular complexity index is 567. The second-order valence-corrected chi connectivity index (χ2v) is 7.54. The van der Waals surface area contributed by atoms with Crippen LogP contribution in [0.25, 0.3) is 0 Å². The summed E-state index contributed by atoms with van der Waals surface area (Å²) in [7, 11) is 0. The van der Waals surface area contributed by atoms with E-state index in [2.05, 4.69) is 16.0 Å². The van der Waals surface area contributed by atoms with E-state index >= 15 is 0 Å². The van der Waals surface area contributed by atoms with Gasteiger partial charge in [-0.25, -0.2) is 4.79 Å². The highest BCUT2D eigenvalue weighted by atomic mass is 32.2. The minimum Gasteiger partial charge on any atom is -0.480 e. The van der Waals surface area contributed by atoms with E-state index in [0.717, 1.165) is 0 Å². The number of carbonyl (C=O) groups excluding carboxylic acids is 3. The number of unbranched alkanes of at least 4 members (excludes halogenated alkanes) is 1. The number of nitrogens with one attached hydrogen (secondary N) is 3. The first-order valence-corrected chi connectivity index (χ1v) is 10.9.